The fraction of sp³-hybridized carbons (Fsp3) is 0.200. The molecule has 0 atom stereocenters. The largest absolute Gasteiger partial charge is 0.501 e. The Labute approximate surface area is 273 Å². The van der Waals surface area contributed by atoms with Crippen molar-refractivity contribution in [2.45, 2.75) is 30.4 Å². The van der Waals surface area contributed by atoms with Gasteiger partial charge in [0.25, 0.3) is 16.3 Å². The van der Waals surface area contributed by atoms with Crippen LogP contribution in [0.3, 0.4) is 0 Å². The zero-order valence-electron chi connectivity index (χ0n) is 24.5. The molecule has 10 nitrogen and oxygen atoms in total. The van der Waals surface area contributed by atoms with Gasteiger partial charge in [-0.3, -0.25) is 9.69 Å². The van der Waals surface area contributed by atoms with Crippen LogP contribution in [0.25, 0.3) is 16.9 Å². The van der Waals surface area contributed by atoms with E-state index in [0.29, 0.717) is 11.3 Å². The number of amides is 3. The number of sulfone groups is 1. The van der Waals surface area contributed by atoms with E-state index in [0.717, 1.165) is 47.7 Å². The SMILES string of the molecule is Cc1ccc(COCC(F)F)c(N2C(=O)CSC2=NC(=O)Nc2ccc(-c3cn(-c4ccc(S(=O)(=O)C(F)(F)F)cc4)cn3)cc2F)c1. The quantitative estimate of drug-likeness (QED) is 0.191. The van der Waals surface area contributed by atoms with Crippen LogP contribution in [-0.2, 0) is 26.0 Å². The third-order valence-corrected chi connectivity index (χ3v) is 9.21. The van der Waals surface area contributed by atoms with Gasteiger partial charge in [0, 0.05) is 23.0 Å². The van der Waals surface area contributed by atoms with Gasteiger partial charge in [0.2, 0.25) is 5.91 Å². The minimum Gasteiger partial charge on any atom is -0.371 e. The van der Waals surface area contributed by atoms with E-state index in [4.69, 9.17) is 4.74 Å². The van der Waals surface area contributed by atoms with Crippen molar-refractivity contribution < 1.29 is 49.1 Å². The number of carbonyl (C=O) groups is 2. The Morgan fingerprint density at radius 3 is 2.50 bits per heavy atom. The number of nitrogens with zero attached hydrogens (tertiary/aromatic N) is 4. The fourth-order valence-corrected chi connectivity index (χ4v) is 6.11. The molecule has 1 N–H and O–H groups in total. The topological polar surface area (TPSA) is 123 Å². The highest BCUT2D eigenvalue weighted by Gasteiger charge is 2.46. The molecule has 252 valence electrons. The number of amidine groups is 1. The van der Waals surface area contributed by atoms with Crippen molar-refractivity contribution in [2.24, 2.45) is 4.99 Å². The lowest BCUT2D eigenvalue weighted by Gasteiger charge is -2.20. The van der Waals surface area contributed by atoms with Crippen LogP contribution in [0.15, 0.2) is 83.1 Å². The molecule has 3 aromatic carbocycles. The maximum Gasteiger partial charge on any atom is 0.501 e. The van der Waals surface area contributed by atoms with E-state index in [9.17, 15) is 40.0 Å². The van der Waals surface area contributed by atoms with Crippen molar-refractivity contribution in [1.82, 2.24) is 9.55 Å². The second-order valence-electron chi connectivity index (χ2n) is 10.2. The molecule has 3 amide bonds. The molecule has 0 spiro atoms. The second kappa shape index (κ2) is 13.8. The summed E-state index contributed by atoms with van der Waals surface area (Å²) in [5, 5.41) is 2.31. The van der Waals surface area contributed by atoms with Crippen LogP contribution in [0.4, 0.5) is 42.5 Å². The smallest absolute Gasteiger partial charge is 0.371 e. The van der Waals surface area contributed by atoms with Gasteiger partial charge in [-0.2, -0.15) is 18.2 Å². The molecule has 0 radical (unpaired) electrons. The number of anilines is 2. The van der Waals surface area contributed by atoms with Crippen LogP contribution in [0, 0.1) is 12.7 Å². The molecule has 0 bridgehead atoms. The number of hydrogen-bond donors (Lipinski definition) is 1. The lowest BCUT2D eigenvalue weighted by molar-refractivity contribution is -0.115. The maximum absolute atomic E-state index is 15.1. The molecule has 0 aliphatic carbocycles. The Bertz CT molecular complexity index is 2000. The third kappa shape index (κ3) is 7.55. The zero-order chi connectivity index (χ0) is 34.8. The van der Waals surface area contributed by atoms with E-state index in [1.165, 1.54) is 34.1 Å². The summed E-state index contributed by atoms with van der Waals surface area (Å²) in [5.74, 6) is -1.32. The van der Waals surface area contributed by atoms with Crippen LogP contribution < -0.4 is 10.2 Å². The van der Waals surface area contributed by atoms with Crippen LogP contribution in [0.1, 0.15) is 11.1 Å². The monoisotopic (exact) mass is 711 g/mol. The van der Waals surface area contributed by atoms with Crippen LogP contribution in [0.5, 0.6) is 0 Å². The molecule has 5 rings (SSSR count). The highest BCUT2D eigenvalue weighted by Crippen LogP contribution is 2.33. The number of imidazole rings is 1. The average Bonchev–Trinajstić information content (AvgIpc) is 3.65. The van der Waals surface area contributed by atoms with Crippen molar-refractivity contribution in [3.8, 4) is 16.9 Å². The van der Waals surface area contributed by atoms with Crippen LogP contribution >= 0.6 is 11.8 Å². The number of hydrogen-bond acceptors (Lipinski definition) is 7. The normalized spacial score (nSPS) is 14.7. The summed E-state index contributed by atoms with van der Waals surface area (Å²) in [4.78, 5) is 34.0. The van der Waals surface area contributed by atoms with E-state index < -0.39 is 51.0 Å². The van der Waals surface area contributed by atoms with Gasteiger partial charge in [0.15, 0.2) is 5.17 Å². The van der Waals surface area contributed by atoms with Crippen molar-refractivity contribution in [3.63, 3.8) is 0 Å². The number of aryl methyl sites for hydroxylation is 1. The molecule has 1 saturated heterocycles. The summed E-state index contributed by atoms with van der Waals surface area (Å²) >= 11 is 0.964. The second-order valence-corrected chi connectivity index (χ2v) is 13.1. The number of ether oxygens (including phenoxy) is 1. The third-order valence-electron chi connectivity index (χ3n) is 6.78. The molecule has 18 heteroatoms. The number of urea groups is 1. The molecule has 4 aromatic rings. The van der Waals surface area contributed by atoms with Gasteiger partial charge in [-0.25, -0.2) is 31.4 Å². The van der Waals surface area contributed by atoms with E-state index in [-0.39, 0.29) is 40.2 Å². The van der Waals surface area contributed by atoms with Crippen molar-refractivity contribution >= 4 is 50.1 Å². The fourth-order valence-electron chi connectivity index (χ4n) is 4.49. The predicted octanol–water partition coefficient (Wildman–Crippen LogP) is 6.73. The maximum atomic E-state index is 15.1. The summed E-state index contributed by atoms with van der Waals surface area (Å²) in [5.41, 5.74) is -3.41. The summed E-state index contributed by atoms with van der Waals surface area (Å²) < 4.78 is 108. The molecule has 1 fully saturated rings. The minimum absolute atomic E-state index is 0.00943. The molecule has 1 aliphatic heterocycles. The Kier molecular flexibility index (Phi) is 9.97. The molecular formula is C30H23F6N5O5S2. The van der Waals surface area contributed by atoms with Gasteiger partial charge in [0.05, 0.1) is 40.7 Å². The number of benzene rings is 3. The first-order valence-electron chi connectivity index (χ1n) is 13.7. The van der Waals surface area contributed by atoms with Gasteiger partial charge in [-0.1, -0.05) is 30.0 Å². The number of nitrogens with one attached hydrogen (secondary N) is 1. The Hall–Kier alpha value is -4.68. The molecule has 48 heavy (non-hydrogen) atoms. The van der Waals surface area contributed by atoms with Crippen molar-refractivity contribution in [1.29, 1.82) is 0 Å². The van der Waals surface area contributed by atoms with Gasteiger partial charge in [-0.05, 0) is 55.0 Å². The Morgan fingerprint density at radius 1 is 1.10 bits per heavy atom. The first-order chi connectivity index (χ1) is 22.6. The number of aromatic nitrogens is 2. The first kappa shape index (κ1) is 34.6. The Balaban J connectivity index is 1.30. The number of thioether (sulfide) groups is 1. The average molecular weight is 712 g/mol. The summed E-state index contributed by atoms with van der Waals surface area (Å²) in [6.45, 7) is 0.735. The highest BCUT2D eigenvalue weighted by atomic mass is 32.2. The van der Waals surface area contributed by atoms with E-state index >= 15 is 4.39 Å². The molecule has 0 saturated carbocycles. The van der Waals surface area contributed by atoms with Crippen molar-refractivity contribution in [2.75, 3.05) is 22.6 Å². The van der Waals surface area contributed by atoms with E-state index in [2.05, 4.69) is 15.3 Å². The Morgan fingerprint density at radius 2 is 1.83 bits per heavy atom. The minimum atomic E-state index is -5.51. The molecule has 2 heterocycles. The predicted molar refractivity (Wildman–Crippen MR) is 165 cm³/mol. The van der Waals surface area contributed by atoms with E-state index in [1.54, 1.807) is 25.1 Å². The van der Waals surface area contributed by atoms with E-state index in [1.807, 2.05) is 0 Å². The number of alkyl halides is 5. The number of aliphatic imine (C=N–C) groups is 1. The van der Waals surface area contributed by atoms with Gasteiger partial charge in [-0.15, -0.1) is 0 Å². The van der Waals surface area contributed by atoms with Gasteiger partial charge < -0.3 is 14.6 Å². The summed E-state index contributed by atoms with van der Waals surface area (Å²) in [7, 11) is -5.51. The van der Waals surface area contributed by atoms with Gasteiger partial charge >= 0.3 is 11.5 Å². The lowest BCUT2D eigenvalue weighted by Crippen LogP contribution is -2.31. The molecular weight excluding hydrogens is 688 g/mol. The number of rotatable bonds is 9. The number of carbonyl (C=O) groups excluding carboxylic acids is 2. The summed E-state index contributed by atoms with van der Waals surface area (Å²) in [6.07, 6.45) is 0.0527. The molecule has 1 aromatic heterocycles. The molecule has 0 unspecified atom stereocenters. The summed E-state index contributed by atoms with van der Waals surface area (Å²) in [6, 6.07) is 11.7. The molecule has 1 aliphatic rings. The van der Waals surface area contributed by atoms with Crippen LogP contribution in [-0.4, -0.2) is 59.4 Å². The number of halogens is 6. The van der Waals surface area contributed by atoms with Crippen molar-refractivity contribution in [3.05, 3.63) is 90.1 Å². The van der Waals surface area contributed by atoms with Crippen LogP contribution in [0.2, 0.25) is 0 Å². The zero-order valence-corrected chi connectivity index (χ0v) is 26.2. The first-order valence-corrected chi connectivity index (χ1v) is 16.2. The highest BCUT2D eigenvalue weighted by molar-refractivity contribution is 8.15. The lowest BCUT2D eigenvalue weighted by atomic mass is 10.1. The van der Waals surface area contributed by atoms with Gasteiger partial charge in [0.1, 0.15) is 12.4 Å². The standard InChI is InChI=1S/C30H23F6N5O5S2/c1-17-2-3-19(13-46-14-26(32)33)25(10-17)41-27(42)15-47-29(41)39-28(43)38-23-9-4-18(11-22(23)31)24-12-40(16-37-24)20-5-7-21(8-6-20)48(44,45)30(34,35)36/h2-12,16,26H,13-15H2,1H3,(H,38,43).